The van der Waals surface area contributed by atoms with Gasteiger partial charge in [-0.05, 0) is 41.9 Å². The van der Waals surface area contributed by atoms with Gasteiger partial charge in [-0.25, -0.2) is 14.6 Å². The smallest absolute Gasteiger partial charge is 0.339 e. The van der Waals surface area contributed by atoms with Crippen molar-refractivity contribution < 1.29 is 14.3 Å². The van der Waals surface area contributed by atoms with Crippen LogP contribution in [0, 0.1) is 0 Å². The summed E-state index contributed by atoms with van der Waals surface area (Å²) in [5.41, 5.74) is 1.82. The molecule has 2 amide bonds. The van der Waals surface area contributed by atoms with Gasteiger partial charge in [-0.1, -0.05) is 0 Å². The van der Waals surface area contributed by atoms with E-state index in [4.69, 9.17) is 4.74 Å². The van der Waals surface area contributed by atoms with Crippen molar-refractivity contribution in [3.63, 3.8) is 0 Å². The van der Waals surface area contributed by atoms with Crippen molar-refractivity contribution in [2.45, 2.75) is 13.8 Å². The van der Waals surface area contributed by atoms with E-state index in [1.54, 1.807) is 31.5 Å². The molecule has 0 radical (unpaired) electrons. The number of esters is 1. The Bertz CT molecular complexity index is 752. The summed E-state index contributed by atoms with van der Waals surface area (Å²) in [6, 6.07) is 3.04. The lowest BCUT2D eigenvalue weighted by Gasteiger charge is -2.09. The van der Waals surface area contributed by atoms with Crippen LogP contribution in [0.4, 0.5) is 10.6 Å². The van der Waals surface area contributed by atoms with Gasteiger partial charge in [0.25, 0.3) is 0 Å². The van der Waals surface area contributed by atoms with Gasteiger partial charge in [0, 0.05) is 40.7 Å². The zero-order valence-corrected chi connectivity index (χ0v) is 14.9. The molecule has 0 aliphatic heterocycles. The van der Waals surface area contributed by atoms with E-state index in [1.807, 2.05) is 6.92 Å². The average molecular weight is 393 g/mol. The topological polar surface area (TPSA) is 93.2 Å². The number of anilines is 1. The lowest BCUT2D eigenvalue weighted by atomic mass is 10.1. The molecule has 0 spiro atoms. The number of nitrogens with zero attached hydrogens (tertiary/aromatic N) is 2. The number of pyridine rings is 2. The van der Waals surface area contributed by atoms with Crippen LogP contribution in [0.1, 0.15) is 24.2 Å². The minimum Gasteiger partial charge on any atom is -0.462 e. The highest BCUT2D eigenvalue weighted by Crippen LogP contribution is 2.29. The van der Waals surface area contributed by atoms with Gasteiger partial charge in [-0.15, -0.1) is 0 Å². The van der Waals surface area contributed by atoms with Crippen LogP contribution < -0.4 is 10.6 Å². The second-order valence-electron chi connectivity index (χ2n) is 4.72. The number of hydrogen-bond donors (Lipinski definition) is 2. The molecule has 0 atom stereocenters. The van der Waals surface area contributed by atoms with Crippen LogP contribution in [0.2, 0.25) is 0 Å². The third-order valence-electron chi connectivity index (χ3n) is 2.99. The molecule has 0 unspecified atom stereocenters. The van der Waals surface area contributed by atoms with E-state index in [0.717, 1.165) is 5.56 Å². The zero-order valence-electron chi connectivity index (χ0n) is 13.3. The summed E-state index contributed by atoms with van der Waals surface area (Å²) in [5.74, 6) is -0.0171. The molecule has 7 nitrogen and oxygen atoms in total. The Hall–Kier alpha value is -2.48. The molecule has 0 aromatic carbocycles. The van der Waals surface area contributed by atoms with Crippen LogP contribution in [0.15, 0.2) is 35.2 Å². The summed E-state index contributed by atoms with van der Waals surface area (Å²) in [4.78, 5) is 31.6. The van der Waals surface area contributed by atoms with Crippen molar-refractivity contribution in [1.29, 1.82) is 0 Å². The van der Waals surface area contributed by atoms with Crippen molar-refractivity contribution in [1.82, 2.24) is 15.3 Å². The molecule has 2 heterocycles. The molecule has 2 aromatic rings. The van der Waals surface area contributed by atoms with Gasteiger partial charge in [0.05, 0.1) is 12.2 Å². The molecular weight excluding hydrogens is 376 g/mol. The number of hydrogen-bond acceptors (Lipinski definition) is 5. The fourth-order valence-corrected chi connectivity index (χ4v) is 2.49. The Kier molecular flexibility index (Phi) is 6.25. The summed E-state index contributed by atoms with van der Waals surface area (Å²) in [5, 5.41) is 5.25. The third-order valence-corrected chi connectivity index (χ3v) is 3.65. The van der Waals surface area contributed by atoms with Gasteiger partial charge in [0.15, 0.2) is 0 Å². The molecule has 0 aliphatic rings. The Labute approximate surface area is 148 Å². The van der Waals surface area contributed by atoms with Crippen LogP contribution in [-0.4, -0.2) is 35.1 Å². The minimum atomic E-state index is -0.426. The summed E-state index contributed by atoms with van der Waals surface area (Å²) in [7, 11) is 0. The fraction of sp³-hybridized carbons (Fsp3) is 0.250. The van der Waals surface area contributed by atoms with Gasteiger partial charge in [0.2, 0.25) is 0 Å². The van der Waals surface area contributed by atoms with Gasteiger partial charge >= 0.3 is 12.0 Å². The number of amides is 2. The van der Waals surface area contributed by atoms with Crippen LogP contribution in [0.3, 0.4) is 0 Å². The van der Waals surface area contributed by atoms with E-state index in [2.05, 4.69) is 36.5 Å². The van der Waals surface area contributed by atoms with Crippen molar-refractivity contribution in [3.05, 3.63) is 40.8 Å². The predicted molar refractivity (Wildman–Crippen MR) is 93.8 cm³/mol. The second-order valence-corrected chi connectivity index (χ2v) is 5.57. The predicted octanol–water partition coefficient (Wildman–Crippen LogP) is 3.22. The molecule has 2 N–H and O–H groups in total. The minimum absolute atomic E-state index is 0.300. The first kappa shape index (κ1) is 17.9. The highest BCUT2D eigenvalue weighted by Gasteiger charge is 2.12. The van der Waals surface area contributed by atoms with Crippen molar-refractivity contribution >= 4 is 33.7 Å². The Morgan fingerprint density at radius 1 is 1.21 bits per heavy atom. The van der Waals surface area contributed by atoms with E-state index in [1.165, 1.54) is 6.20 Å². The van der Waals surface area contributed by atoms with Crippen LogP contribution >= 0.6 is 15.9 Å². The maximum atomic E-state index is 11.8. The van der Waals surface area contributed by atoms with Gasteiger partial charge in [-0.2, -0.15) is 0 Å². The van der Waals surface area contributed by atoms with E-state index >= 15 is 0 Å². The molecule has 2 rings (SSSR count). The first-order valence-corrected chi connectivity index (χ1v) is 8.17. The Morgan fingerprint density at radius 2 is 2.00 bits per heavy atom. The number of carbonyl (C=O) groups excluding carboxylic acids is 2. The van der Waals surface area contributed by atoms with E-state index in [9.17, 15) is 9.59 Å². The summed E-state index contributed by atoms with van der Waals surface area (Å²) in [6.45, 7) is 4.40. The standard InChI is InChI=1S/C16H17BrN4O3/c1-3-19-16(23)21-14-6-13(17)12(9-20-14)10-5-11(8-18-7-10)15(22)24-4-2/h5-9H,3-4H2,1-2H3,(H2,19,20,21,23). The monoisotopic (exact) mass is 392 g/mol. The number of aromatic nitrogens is 2. The molecule has 2 aromatic heterocycles. The number of carbonyl (C=O) groups is 2. The average Bonchev–Trinajstić information content (AvgIpc) is 2.55. The molecule has 0 fully saturated rings. The molecule has 126 valence electrons. The van der Waals surface area contributed by atoms with Crippen molar-refractivity contribution in [3.8, 4) is 11.1 Å². The number of rotatable bonds is 5. The van der Waals surface area contributed by atoms with Crippen LogP contribution in [0.5, 0.6) is 0 Å². The maximum absolute atomic E-state index is 11.8. The van der Waals surface area contributed by atoms with E-state index < -0.39 is 5.97 Å². The van der Waals surface area contributed by atoms with Crippen molar-refractivity contribution in [2.75, 3.05) is 18.5 Å². The molecule has 0 saturated carbocycles. The lowest BCUT2D eigenvalue weighted by Crippen LogP contribution is -2.28. The number of urea groups is 1. The molecule has 0 aliphatic carbocycles. The van der Waals surface area contributed by atoms with E-state index in [-0.39, 0.29) is 6.03 Å². The number of ether oxygens (including phenoxy) is 1. The molecule has 0 bridgehead atoms. The van der Waals surface area contributed by atoms with Gasteiger partial charge in [-0.3, -0.25) is 10.3 Å². The lowest BCUT2D eigenvalue weighted by molar-refractivity contribution is 0.0526. The summed E-state index contributed by atoms with van der Waals surface area (Å²) >= 11 is 3.45. The van der Waals surface area contributed by atoms with E-state index in [0.29, 0.717) is 34.6 Å². The maximum Gasteiger partial charge on any atom is 0.339 e. The largest absolute Gasteiger partial charge is 0.462 e. The summed E-state index contributed by atoms with van der Waals surface area (Å²) in [6.07, 6.45) is 4.67. The zero-order chi connectivity index (χ0) is 17.5. The highest BCUT2D eigenvalue weighted by atomic mass is 79.9. The Balaban J connectivity index is 2.25. The number of nitrogens with one attached hydrogen (secondary N) is 2. The first-order valence-electron chi connectivity index (χ1n) is 7.38. The molecule has 8 heteroatoms. The van der Waals surface area contributed by atoms with Crippen LogP contribution in [0.25, 0.3) is 11.1 Å². The van der Waals surface area contributed by atoms with Gasteiger partial charge < -0.3 is 10.1 Å². The molecular formula is C16H17BrN4O3. The van der Waals surface area contributed by atoms with Gasteiger partial charge in [0.1, 0.15) is 5.82 Å². The number of halogens is 1. The second kappa shape index (κ2) is 8.39. The molecule has 24 heavy (non-hydrogen) atoms. The van der Waals surface area contributed by atoms with Crippen molar-refractivity contribution in [2.24, 2.45) is 0 Å². The normalized spacial score (nSPS) is 10.1. The third kappa shape index (κ3) is 4.51. The van der Waals surface area contributed by atoms with Crippen LogP contribution in [-0.2, 0) is 4.74 Å². The fourth-order valence-electron chi connectivity index (χ4n) is 1.95. The SMILES string of the molecule is CCNC(=O)Nc1cc(Br)c(-c2cncc(C(=O)OCC)c2)cn1. The Morgan fingerprint density at radius 3 is 2.67 bits per heavy atom. The molecule has 0 saturated heterocycles. The highest BCUT2D eigenvalue weighted by molar-refractivity contribution is 9.10. The summed E-state index contributed by atoms with van der Waals surface area (Å²) < 4.78 is 5.69. The first-order chi connectivity index (χ1) is 11.5. The quantitative estimate of drug-likeness (QED) is 0.761.